The lowest BCUT2D eigenvalue weighted by Crippen LogP contribution is -2.26. The number of carbonyl (C=O) groups excluding carboxylic acids is 1. The second kappa shape index (κ2) is 7.07. The van der Waals surface area contributed by atoms with Crippen LogP contribution in [0, 0.1) is 23.6 Å². The minimum atomic E-state index is -1.08. The van der Waals surface area contributed by atoms with E-state index in [4.69, 9.17) is 5.73 Å². The molecular weight excluding hydrogens is 387 g/mol. The number of halogens is 1. The van der Waals surface area contributed by atoms with Crippen LogP contribution in [0.3, 0.4) is 0 Å². The zero-order valence-corrected chi connectivity index (χ0v) is 16.8. The Labute approximate surface area is 172 Å². The summed E-state index contributed by atoms with van der Waals surface area (Å²) in [4.78, 5) is 26.0. The van der Waals surface area contributed by atoms with Crippen molar-refractivity contribution >= 4 is 22.9 Å². The summed E-state index contributed by atoms with van der Waals surface area (Å²) in [6.07, 6.45) is 5.88. The zero-order chi connectivity index (χ0) is 21.6. The van der Waals surface area contributed by atoms with E-state index in [9.17, 15) is 14.3 Å². The maximum atomic E-state index is 14.5. The van der Waals surface area contributed by atoms with E-state index >= 15 is 0 Å². The Morgan fingerprint density at radius 1 is 1.37 bits per heavy atom. The summed E-state index contributed by atoms with van der Waals surface area (Å²) >= 11 is 0. The molecule has 3 heterocycles. The molecule has 1 aliphatic rings. The number of anilines is 1. The quantitative estimate of drug-likeness (QED) is 0.630. The van der Waals surface area contributed by atoms with Crippen molar-refractivity contribution in [2.75, 3.05) is 19.8 Å². The molecule has 0 aromatic carbocycles. The van der Waals surface area contributed by atoms with Gasteiger partial charge in [0.1, 0.15) is 17.0 Å². The van der Waals surface area contributed by atoms with Crippen molar-refractivity contribution in [1.82, 2.24) is 24.4 Å². The van der Waals surface area contributed by atoms with Gasteiger partial charge in [-0.1, -0.05) is 5.92 Å². The molecule has 1 unspecified atom stereocenters. The first-order valence-electron chi connectivity index (χ1n) is 9.44. The van der Waals surface area contributed by atoms with Gasteiger partial charge in [0, 0.05) is 31.2 Å². The first-order valence-corrected chi connectivity index (χ1v) is 9.44. The second-order valence-electron chi connectivity index (χ2n) is 7.77. The summed E-state index contributed by atoms with van der Waals surface area (Å²) in [6.45, 7) is 1.69. The number of nitrogen functional groups attached to an aromatic ring is 1. The Morgan fingerprint density at radius 2 is 2.10 bits per heavy atom. The molecule has 3 N–H and O–H groups in total. The number of aromatic nitrogens is 4. The van der Waals surface area contributed by atoms with Gasteiger partial charge >= 0.3 is 6.03 Å². The van der Waals surface area contributed by atoms with Crippen LogP contribution in [0.5, 0.6) is 0 Å². The molecule has 1 fully saturated rings. The van der Waals surface area contributed by atoms with E-state index in [0.717, 1.165) is 19.0 Å². The van der Waals surface area contributed by atoms with Crippen LogP contribution in [-0.4, -0.2) is 55.3 Å². The number of fused-ring (bicyclic) bond motifs is 1. The molecule has 1 saturated carbocycles. The fraction of sp³-hybridized carbons (Fsp3) is 0.333. The van der Waals surface area contributed by atoms with Gasteiger partial charge in [0.15, 0.2) is 5.82 Å². The van der Waals surface area contributed by atoms with E-state index in [2.05, 4.69) is 26.8 Å². The van der Waals surface area contributed by atoms with Gasteiger partial charge in [-0.25, -0.2) is 24.1 Å². The predicted molar refractivity (Wildman–Crippen MR) is 110 cm³/mol. The van der Waals surface area contributed by atoms with Gasteiger partial charge in [-0.3, -0.25) is 4.57 Å². The number of nitrogens with two attached hydrogens (primary N) is 1. The van der Waals surface area contributed by atoms with E-state index in [1.54, 1.807) is 27.1 Å². The average Bonchev–Trinajstić information content (AvgIpc) is 3.50. The van der Waals surface area contributed by atoms with Gasteiger partial charge in [0.25, 0.3) is 0 Å². The number of amides is 1. The van der Waals surface area contributed by atoms with Gasteiger partial charge < -0.3 is 15.7 Å². The van der Waals surface area contributed by atoms with Crippen molar-refractivity contribution < 1.29 is 14.3 Å². The number of pyridine rings is 1. The SMILES string of the molecule is CN(C)C(=O)n1cc(-c2nc(N)ncc2F)c2cc(C#CC(C)(O)C3CC3)ncc21. The molecule has 8 nitrogen and oxygen atoms in total. The number of hydrogen-bond acceptors (Lipinski definition) is 6. The van der Waals surface area contributed by atoms with Gasteiger partial charge in [-0.15, -0.1) is 0 Å². The van der Waals surface area contributed by atoms with E-state index < -0.39 is 11.4 Å². The monoisotopic (exact) mass is 408 g/mol. The van der Waals surface area contributed by atoms with Gasteiger partial charge in [-0.2, -0.15) is 0 Å². The summed E-state index contributed by atoms with van der Waals surface area (Å²) in [7, 11) is 3.23. The maximum absolute atomic E-state index is 14.5. The van der Waals surface area contributed by atoms with Crippen molar-refractivity contribution in [1.29, 1.82) is 0 Å². The van der Waals surface area contributed by atoms with Crippen molar-refractivity contribution in [2.45, 2.75) is 25.4 Å². The van der Waals surface area contributed by atoms with E-state index in [0.29, 0.717) is 22.2 Å². The standard InChI is InChI=1S/C21H21FN6O2/c1-21(30,12-4-5-12)7-6-13-8-14-15(18-16(22)9-25-19(23)26-18)11-28(17(14)10-24-13)20(29)27(2)3/h8-12,30H,4-5H2,1-3H3,(H2,23,25,26). The Morgan fingerprint density at radius 3 is 2.77 bits per heavy atom. The average molecular weight is 408 g/mol. The topological polar surface area (TPSA) is 110 Å². The van der Waals surface area contributed by atoms with Crippen LogP contribution in [0.2, 0.25) is 0 Å². The molecule has 3 aromatic heterocycles. The molecule has 3 aromatic rings. The summed E-state index contributed by atoms with van der Waals surface area (Å²) in [5.41, 5.74) is 5.78. The normalized spacial score (nSPS) is 15.4. The molecule has 30 heavy (non-hydrogen) atoms. The number of aliphatic hydroxyl groups is 1. The minimum Gasteiger partial charge on any atom is -0.378 e. The van der Waals surface area contributed by atoms with E-state index in [-0.39, 0.29) is 23.6 Å². The molecule has 0 saturated heterocycles. The van der Waals surface area contributed by atoms with Gasteiger partial charge in [0.2, 0.25) is 5.95 Å². The third-order valence-corrected chi connectivity index (χ3v) is 5.11. The van der Waals surface area contributed by atoms with Crippen LogP contribution in [0.25, 0.3) is 22.2 Å². The van der Waals surface area contributed by atoms with Crippen LogP contribution in [0.4, 0.5) is 15.1 Å². The molecule has 1 amide bonds. The third kappa shape index (κ3) is 3.57. The Hall–Kier alpha value is -3.51. The van der Waals surface area contributed by atoms with Crippen molar-refractivity contribution in [3.8, 4) is 23.1 Å². The lowest BCUT2D eigenvalue weighted by atomic mass is 10.0. The highest BCUT2D eigenvalue weighted by molar-refractivity contribution is 6.01. The molecule has 1 atom stereocenters. The number of rotatable bonds is 2. The smallest absolute Gasteiger partial charge is 0.328 e. The molecule has 1 aliphatic carbocycles. The molecular formula is C21H21FN6O2. The van der Waals surface area contributed by atoms with Crippen molar-refractivity contribution in [2.24, 2.45) is 5.92 Å². The zero-order valence-electron chi connectivity index (χ0n) is 16.8. The Kier molecular flexibility index (Phi) is 4.67. The van der Waals surface area contributed by atoms with Crippen LogP contribution < -0.4 is 5.73 Å². The summed E-state index contributed by atoms with van der Waals surface area (Å²) in [5, 5.41) is 11.0. The van der Waals surface area contributed by atoms with E-state index in [1.165, 1.54) is 21.9 Å². The van der Waals surface area contributed by atoms with Crippen LogP contribution in [0.15, 0.2) is 24.7 Å². The van der Waals surface area contributed by atoms with Gasteiger partial charge in [0.05, 0.1) is 17.9 Å². The molecule has 0 bridgehead atoms. The molecule has 0 radical (unpaired) electrons. The second-order valence-corrected chi connectivity index (χ2v) is 7.77. The Balaban J connectivity index is 1.90. The van der Waals surface area contributed by atoms with Crippen molar-refractivity contribution in [3.05, 3.63) is 36.2 Å². The van der Waals surface area contributed by atoms with Crippen LogP contribution in [-0.2, 0) is 0 Å². The molecule has 0 aliphatic heterocycles. The Bertz CT molecular complexity index is 1220. The van der Waals surface area contributed by atoms with Gasteiger partial charge in [-0.05, 0) is 37.7 Å². The fourth-order valence-corrected chi connectivity index (χ4v) is 3.26. The minimum absolute atomic E-state index is 0.0205. The lowest BCUT2D eigenvalue weighted by molar-refractivity contribution is 0.0980. The predicted octanol–water partition coefficient (Wildman–Crippen LogP) is 2.26. The number of carbonyl (C=O) groups is 1. The molecule has 4 rings (SSSR count). The maximum Gasteiger partial charge on any atom is 0.328 e. The summed E-state index contributed by atoms with van der Waals surface area (Å²) in [6, 6.07) is 1.32. The van der Waals surface area contributed by atoms with Crippen molar-refractivity contribution in [3.63, 3.8) is 0 Å². The highest BCUT2D eigenvalue weighted by Crippen LogP contribution is 2.39. The fourth-order valence-electron chi connectivity index (χ4n) is 3.26. The first kappa shape index (κ1) is 19.8. The number of hydrogen-bond donors (Lipinski definition) is 2. The van der Waals surface area contributed by atoms with Crippen LogP contribution in [0.1, 0.15) is 25.5 Å². The largest absolute Gasteiger partial charge is 0.378 e. The van der Waals surface area contributed by atoms with E-state index in [1.807, 2.05) is 0 Å². The molecule has 0 spiro atoms. The summed E-state index contributed by atoms with van der Waals surface area (Å²) in [5.74, 6) is 5.19. The summed E-state index contributed by atoms with van der Waals surface area (Å²) < 4.78 is 15.9. The highest BCUT2D eigenvalue weighted by atomic mass is 19.1. The van der Waals surface area contributed by atoms with Crippen LogP contribution >= 0.6 is 0 Å². The number of nitrogens with zero attached hydrogens (tertiary/aromatic N) is 5. The highest BCUT2D eigenvalue weighted by Gasteiger charge is 2.38. The first-order chi connectivity index (χ1) is 14.2. The molecule has 154 valence electrons. The lowest BCUT2D eigenvalue weighted by Gasteiger charge is -2.14. The molecule has 9 heteroatoms. The third-order valence-electron chi connectivity index (χ3n) is 5.11.